The zero-order valence-corrected chi connectivity index (χ0v) is 35.9. The molecular formula is C40H52N4O12P2. The highest BCUT2D eigenvalue weighted by atomic mass is 31.2. The molecule has 0 spiro atoms. The fourth-order valence-electron chi connectivity index (χ4n) is 8.04. The van der Waals surface area contributed by atoms with Crippen LogP contribution < -0.4 is 9.47 Å². The van der Waals surface area contributed by atoms with Crippen LogP contribution in [-0.2, 0) is 37.0 Å². The zero-order valence-electron chi connectivity index (χ0n) is 34.1. The lowest BCUT2D eigenvalue weighted by molar-refractivity contribution is -0.140. The molecule has 0 bridgehead atoms. The molecule has 2 amide bonds. The maximum atomic E-state index is 14.2. The summed E-state index contributed by atoms with van der Waals surface area (Å²) in [4.78, 5) is 52.2. The fraction of sp³-hybridized carbons (Fsp3) is 0.600. The van der Waals surface area contributed by atoms with E-state index >= 15 is 0 Å². The third kappa shape index (κ3) is 8.72. The Bertz CT molecular complexity index is 2140. The van der Waals surface area contributed by atoms with E-state index in [1.165, 1.54) is 27.7 Å². The molecule has 0 radical (unpaired) electrons. The summed E-state index contributed by atoms with van der Waals surface area (Å²) in [5.41, 5.74) is -2.22. The summed E-state index contributed by atoms with van der Waals surface area (Å²) in [5.74, 6) is 0.533. The molecule has 2 fully saturated rings. The summed E-state index contributed by atoms with van der Waals surface area (Å²) < 4.78 is 64.3. The van der Waals surface area contributed by atoms with E-state index in [1.54, 1.807) is 73.9 Å². The number of hydrogen-bond acceptors (Lipinski definition) is 12. The van der Waals surface area contributed by atoms with E-state index in [0.717, 1.165) is 0 Å². The number of nitriles is 2. The summed E-state index contributed by atoms with van der Waals surface area (Å²) in [7, 11) is -9.66. The highest BCUT2D eigenvalue weighted by Gasteiger charge is 2.56. The summed E-state index contributed by atoms with van der Waals surface area (Å²) >= 11 is 0. The highest BCUT2D eigenvalue weighted by Crippen LogP contribution is 2.61. The molecule has 18 heteroatoms. The molecule has 2 aromatic carbocycles. The largest absolute Gasteiger partial charge is 0.485 e. The van der Waals surface area contributed by atoms with Crippen molar-refractivity contribution in [3.63, 3.8) is 0 Å². The van der Waals surface area contributed by atoms with Crippen molar-refractivity contribution in [2.24, 2.45) is 0 Å². The van der Waals surface area contributed by atoms with Crippen LogP contribution in [0, 0.1) is 22.7 Å². The minimum Gasteiger partial charge on any atom is -0.485 e. The second-order valence-corrected chi connectivity index (χ2v) is 21.0. The number of carbonyl (C=O) groups excluding carboxylic acids is 2. The molecule has 2 N–H and O–H groups in total. The Morgan fingerprint density at radius 3 is 1.66 bits per heavy atom. The molecule has 2 unspecified atom stereocenters. The monoisotopic (exact) mass is 842 g/mol. The van der Waals surface area contributed by atoms with Crippen LogP contribution in [0.2, 0.25) is 0 Å². The first-order chi connectivity index (χ1) is 26.9. The molecule has 2 saturated heterocycles. The van der Waals surface area contributed by atoms with Gasteiger partial charge in [-0.05, 0) is 111 Å². The maximum absolute atomic E-state index is 14.2. The Balaban J connectivity index is 1.16. The van der Waals surface area contributed by atoms with Crippen molar-refractivity contribution in [1.82, 2.24) is 9.80 Å². The van der Waals surface area contributed by atoms with Crippen molar-refractivity contribution in [1.29, 1.82) is 10.5 Å². The molecular weight excluding hydrogens is 790 g/mol. The topological polar surface area (TPSA) is 218 Å². The van der Waals surface area contributed by atoms with Gasteiger partial charge in [0.2, 0.25) is 11.8 Å². The van der Waals surface area contributed by atoms with Gasteiger partial charge in [-0.25, -0.2) is 4.57 Å². The summed E-state index contributed by atoms with van der Waals surface area (Å²) in [6, 6.07) is 12.2. The van der Waals surface area contributed by atoms with Crippen LogP contribution in [0.5, 0.6) is 11.5 Å². The van der Waals surface area contributed by atoms with Gasteiger partial charge in [0, 0.05) is 37.1 Å². The third-order valence-electron chi connectivity index (χ3n) is 11.2. The molecule has 0 saturated carbocycles. The number of rotatable bonds is 13. The maximum Gasteiger partial charge on any atom is 0.473 e. The highest BCUT2D eigenvalue weighted by molar-refractivity contribution is 7.54. The van der Waals surface area contributed by atoms with Crippen molar-refractivity contribution in [3.05, 3.63) is 58.7 Å². The van der Waals surface area contributed by atoms with Gasteiger partial charge in [-0.3, -0.25) is 27.7 Å². The first kappa shape index (κ1) is 43.8. The molecule has 58 heavy (non-hydrogen) atoms. The summed E-state index contributed by atoms with van der Waals surface area (Å²) in [5, 5.41) is 17.4. The number of ether oxygens (including phenoxy) is 3. The number of phosphoric acid groups is 1. The standard InChI is InChI=1S/C40H52N4O12P2/c1-37(2,56-58(49,50)55-36-34(44-19-10-12-32(44)46)28-22-26(24-42)14-16-30(28)53-39(36,5)6)17-20-51-40(7,8)57(47,48)54-35-33(43-18-9-11-31(43)45)27-21-25(23-41)13-15-29(27)52-38(35,3)4/h13-16,21-22,33-36H,9-12,17-20H2,1-8H3,(H,47,48)(H,49,50)/t33-,34-,35+,36+/m1/s1. The van der Waals surface area contributed by atoms with E-state index in [2.05, 4.69) is 12.1 Å². The van der Waals surface area contributed by atoms with Crippen LogP contribution in [-0.4, -0.2) is 85.5 Å². The zero-order chi connectivity index (χ0) is 42.6. The Kier molecular flexibility index (Phi) is 11.8. The minimum atomic E-state index is -4.93. The van der Waals surface area contributed by atoms with Gasteiger partial charge in [-0.15, -0.1) is 0 Å². The van der Waals surface area contributed by atoms with Gasteiger partial charge in [-0.1, -0.05) is 0 Å². The Labute approximate surface area is 339 Å². The molecule has 0 aliphatic carbocycles. The lowest BCUT2D eigenvalue weighted by Gasteiger charge is -2.48. The van der Waals surface area contributed by atoms with E-state index in [1.807, 2.05) is 0 Å². The molecule has 0 aromatic heterocycles. The SMILES string of the molecule is CC(C)(CCOC(C)(C)P(=O)(O)O[C@H]1[C@H](N2CCCC2=O)c2cc(C#N)ccc2OC1(C)C)OP(=O)(O)O[C@H]1[C@H](N2CCCC2=O)c2cc(C#N)ccc2OC1(C)C. The van der Waals surface area contributed by atoms with Crippen LogP contribution in [0.1, 0.15) is 122 Å². The minimum absolute atomic E-state index is 0.0510. The van der Waals surface area contributed by atoms with E-state index in [4.69, 9.17) is 27.8 Å². The van der Waals surface area contributed by atoms with Gasteiger partial charge in [0.1, 0.15) is 34.9 Å². The molecule has 2 aromatic rings. The predicted octanol–water partition coefficient (Wildman–Crippen LogP) is 6.79. The molecule has 6 rings (SSSR count). The summed E-state index contributed by atoms with van der Waals surface area (Å²) in [6.07, 6.45) is -0.629. The van der Waals surface area contributed by atoms with Gasteiger partial charge < -0.3 is 33.8 Å². The van der Waals surface area contributed by atoms with Gasteiger partial charge >= 0.3 is 15.4 Å². The average molecular weight is 843 g/mol. The lowest BCUT2D eigenvalue weighted by Crippen LogP contribution is -2.55. The first-order valence-corrected chi connectivity index (χ1v) is 22.4. The quantitative estimate of drug-likeness (QED) is 0.199. The predicted molar refractivity (Wildman–Crippen MR) is 208 cm³/mol. The Morgan fingerprint density at radius 1 is 0.793 bits per heavy atom. The Hall–Kier alpha value is -3.82. The molecule has 314 valence electrons. The van der Waals surface area contributed by atoms with Crippen LogP contribution in [0.25, 0.3) is 0 Å². The van der Waals surface area contributed by atoms with Crippen molar-refractivity contribution < 1.29 is 56.3 Å². The van der Waals surface area contributed by atoms with E-state index < -0.39 is 61.9 Å². The second kappa shape index (κ2) is 15.7. The Morgan fingerprint density at radius 2 is 1.24 bits per heavy atom. The number of hydrogen-bond donors (Lipinski definition) is 2. The van der Waals surface area contributed by atoms with Crippen molar-refractivity contribution >= 4 is 27.2 Å². The van der Waals surface area contributed by atoms with E-state index in [-0.39, 0.29) is 24.8 Å². The first-order valence-electron chi connectivity index (χ1n) is 19.3. The number of carbonyl (C=O) groups is 2. The van der Waals surface area contributed by atoms with Gasteiger partial charge in [0.05, 0.1) is 47.6 Å². The number of fused-ring (bicyclic) bond motifs is 2. The van der Waals surface area contributed by atoms with Gasteiger partial charge in [0.25, 0.3) is 0 Å². The third-order valence-corrected chi connectivity index (χ3v) is 14.4. The van der Waals surface area contributed by atoms with Crippen molar-refractivity contribution in [3.8, 4) is 23.6 Å². The number of amides is 2. The molecule has 4 aliphatic rings. The average Bonchev–Trinajstić information content (AvgIpc) is 3.74. The smallest absolute Gasteiger partial charge is 0.473 e. The van der Waals surface area contributed by atoms with Crippen LogP contribution in [0.15, 0.2) is 36.4 Å². The van der Waals surface area contributed by atoms with E-state index in [0.29, 0.717) is 72.5 Å². The number of likely N-dealkylation sites (tertiary alicyclic amines) is 2. The molecule has 4 aliphatic heterocycles. The number of benzene rings is 2. The van der Waals surface area contributed by atoms with Crippen LogP contribution in [0.4, 0.5) is 0 Å². The van der Waals surface area contributed by atoms with Gasteiger partial charge in [-0.2, -0.15) is 10.5 Å². The normalized spacial score (nSPS) is 26.0. The summed E-state index contributed by atoms with van der Waals surface area (Å²) in [6.45, 7) is 13.1. The molecule has 4 heterocycles. The van der Waals surface area contributed by atoms with E-state index in [9.17, 15) is 39.0 Å². The van der Waals surface area contributed by atoms with Crippen LogP contribution >= 0.6 is 15.4 Å². The van der Waals surface area contributed by atoms with Crippen LogP contribution in [0.3, 0.4) is 0 Å². The number of phosphoric ester groups is 1. The number of nitrogens with zero attached hydrogens (tertiary/aromatic N) is 4. The lowest BCUT2D eigenvalue weighted by atomic mass is 9.85. The fourth-order valence-corrected chi connectivity index (χ4v) is 10.6. The molecule has 6 atom stereocenters. The van der Waals surface area contributed by atoms with Gasteiger partial charge in [0.15, 0.2) is 5.34 Å². The van der Waals surface area contributed by atoms with Crippen molar-refractivity contribution in [2.75, 3.05) is 19.7 Å². The molecule has 16 nitrogen and oxygen atoms in total. The van der Waals surface area contributed by atoms with Crippen molar-refractivity contribution in [2.45, 2.75) is 134 Å². The second-order valence-electron chi connectivity index (χ2n) is 17.3.